The first-order valence-corrected chi connectivity index (χ1v) is 12.2. The summed E-state index contributed by atoms with van der Waals surface area (Å²) in [6.07, 6.45) is 5.53. The smallest absolute Gasteiger partial charge is 0.240 e. The van der Waals surface area contributed by atoms with E-state index in [1.807, 2.05) is 46.8 Å². The summed E-state index contributed by atoms with van der Waals surface area (Å²) >= 11 is 1.49. The molecular formula is C25H39N3O3S. The van der Waals surface area contributed by atoms with Crippen molar-refractivity contribution >= 4 is 28.7 Å². The number of nitrogens with zero attached hydrogens (tertiary/aromatic N) is 2. The zero-order valence-corrected chi connectivity index (χ0v) is 21.7. The third-order valence-electron chi connectivity index (χ3n) is 4.89. The van der Waals surface area contributed by atoms with E-state index in [4.69, 9.17) is 10.5 Å². The van der Waals surface area contributed by atoms with Crippen LogP contribution in [0, 0.1) is 12.3 Å². The first kappa shape index (κ1) is 27.6. The standard InChI is InChI=1S/C21H27N3O3S.2C2H6/c1-12-9-14(10-16(27-12)21(3,4)5)19-13(2)23-17(28-19)11-18(25)24-8-6-7-15(24)20(22)26;2*1-2/h9-10,15H,1,6-8,11H2,2-5H3,(H2,22,26);2*1-2H3/t15-;;/m0../s1. The summed E-state index contributed by atoms with van der Waals surface area (Å²) in [4.78, 5) is 31.4. The maximum absolute atomic E-state index is 12.7. The lowest BCUT2D eigenvalue weighted by Gasteiger charge is -2.26. The van der Waals surface area contributed by atoms with Crippen molar-refractivity contribution in [2.24, 2.45) is 11.1 Å². The molecule has 1 aromatic heterocycles. The normalized spacial score (nSPS) is 17.8. The molecule has 2 N–H and O–H groups in total. The monoisotopic (exact) mass is 461 g/mol. The van der Waals surface area contributed by atoms with Crippen LogP contribution >= 0.6 is 11.3 Å². The van der Waals surface area contributed by atoms with Crippen LogP contribution in [0.1, 0.15) is 76.9 Å². The number of likely N-dealkylation sites (tertiary alicyclic amines) is 1. The Morgan fingerprint density at radius 1 is 1.25 bits per heavy atom. The SMILES string of the molecule is C=C1C=C(c2sc(CC(=O)N3CCC[C@H]3C(N)=O)nc2C)C=C(C(C)(C)C)O1.CC.CC. The van der Waals surface area contributed by atoms with Gasteiger partial charge in [0.15, 0.2) is 0 Å². The predicted molar refractivity (Wildman–Crippen MR) is 133 cm³/mol. The Morgan fingerprint density at radius 2 is 1.88 bits per heavy atom. The van der Waals surface area contributed by atoms with Crippen molar-refractivity contribution in [2.45, 2.75) is 80.7 Å². The fourth-order valence-electron chi connectivity index (χ4n) is 3.44. The second-order valence-electron chi connectivity index (χ2n) is 8.27. The van der Waals surface area contributed by atoms with Gasteiger partial charge in [0.2, 0.25) is 11.8 Å². The van der Waals surface area contributed by atoms with E-state index in [0.29, 0.717) is 18.7 Å². The molecule has 1 saturated heterocycles. The number of rotatable bonds is 4. The zero-order chi connectivity index (χ0) is 24.6. The van der Waals surface area contributed by atoms with Gasteiger partial charge in [-0.2, -0.15) is 0 Å². The number of aryl methyl sites for hydroxylation is 1. The number of carbonyl (C=O) groups is 2. The highest BCUT2D eigenvalue weighted by molar-refractivity contribution is 7.13. The lowest BCUT2D eigenvalue weighted by molar-refractivity contribution is -0.136. The Labute approximate surface area is 197 Å². The highest BCUT2D eigenvalue weighted by Crippen LogP contribution is 2.38. The summed E-state index contributed by atoms with van der Waals surface area (Å²) in [7, 11) is 0. The summed E-state index contributed by atoms with van der Waals surface area (Å²) < 4.78 is 5.79. The quantitative estimate of drug-likeness (QED) is 0.652. The van der Waals surface area contributed by atoms with Gasteiger partial charge in [0, 0.05) is 17.5 Å². The molecule has 0 aromatic carbocycles. The molecule has 3 rings (SSSR count). The van der Waals surface area contributed by atoms with Crippen LogP contribution in [-0.2, 0) is 20.7 Å². The molecule has 178 valence electrons. The van der Waals surface area contributed by atoms with E-state index in [0.717, 1.165) is 33.3 Å². The molecular weight excluding hydrogens is 422 g/mol. The van der Waals surface area contributed by atoms with E-state index in [-0.39, 0.29) is 17.7 Å². The van der Waals surface area contributed by atoms with Gasteiger partial charge in [-0.15, -0.1) is 11.3 Å². The average molecular weight is 462 g/mol. The summed E-state index contributed by atoms with van der Waals surface area (Å²) in [5.74, 6) is 0.904. The molecule has 0 radical (unpaired) electrons. The van der Waals surface area contributed by atoms with Gasteiger partial charge in [-0.1, -0.05) is 55.0 Å². The molecule has 0 unspecified atom stereocenters. The first-order valence-electron chi connectivity index (χ1n) is 11.4. The van der Waals surface area contributed by atoms with E-state index in [9.17, 15) is 9.59 Å². The molecule has 1 aromatic rings. The molecule has 7 heteroatoms. The van der Waals surface area contributed by atoms with E-state index < -0.39 is 11.9 Å². The molecule has 2 aliphatic heterocycles. The average Bonchev–Trinajstić information content (AvgIpc) is 3.37. The molecule has 0 aliphatic carbocycles. The van der Waals surface area contributed by atoms with Crippen LogP contribution in [-0.4, -0.2) is 34.3 Å². The fourth-order valence-corrected chi connectivity index (χ4v) is 4.49. The number of thiazole rings is 1. The largest absolute Gasteiger partial charge is 0.462 e. The highest BCUT2D eigenvalue weighted by Gasteiger charge is 2.33. The van der Waals surface area contributed by atoms with Crippen LogP contribution in [0.5, 0.6) is 0 Å². The summed E-state index contributed by atoms with van der Waals surface area (Å²) in [6, 6.07) is -0.494. The third-order valence-corrected chi connectivity index (χ3v) is 6.10. The lowest BCUT2D eigenvalue weighted by atomic mass is 9.91. The zero-order valence-electron chi connectivity index (χ0n) is 20.9. The van der Waals surface area contributed by atoms with Gasteiger partial charge in [-0.25, -0.2) is 4.98 Å². The molecule has 0 saturated carbocycles. The van der Waals surface area contributed by atoms with Gasteiger partial charge in [-0.05, 0) is 31.9 Å². The van der Waals surface area contributed by atoms with Gasteiger partial charge < -0.3 is 15.4 Å². The molecule has 3 heterocycles. The Hall–Kier alpha value is -2.41. The number of amides is 2. The molecule has 32 heavy (non-hydrogen) atoms. The van der Waals surface area contributed by atoms with Crippen molar-refractivity contribution in [3.63, 3.8) is 0 Å². The fraction of sp³-hybridized carbons (Fsp3) is 0.560. The minimum atomic E-state index is -0.494. The van der Waals surface area contributed by atoms with Crippen molar-refractivity contribution in [3.8, 4) is 0 Å². The van der Waals surface area contributed by atoms with Gasteiger partial charge in [0.05, 0.1) is 17.0 Å². The molecule has 2 aliphatic rings. The Balaban J connectivity index is 0.00000121. The maximum Gasteiger partial charge on any atom is 0.240 e. The molecule has 0 spiro atoms. The van der Waals surface area contributed by atoms with Crippen LogP contribution in [0.3, 0.4) is 0 Å². The molecule has 6 nitrogen and oxygen atoms in total. The van der Waals surface area contributed by atoms with Crippen LogP contribution in [0.15, 0.2) is 30.2 Å². The van der Waals surface area contributed by atoms with E-state index in [1.54, 1.807) is 4.90 Å². The topological polar surface area (TPSA) is 85.5 Å². The van der Waals surface area contributed by atoms with Gasteiger partial charge in [-0.3, -0.25) is 9.59 Å². The maximum atomic E-state index is 12.7. The van der Waals surface area contributed by atoms with E-state index >= 15 is 0 Å². The number of primary amides is 1. The van der Waals surface area contributed by atoms with Crippen molar-refractivity contribution < 1.29 is 14.3 Å². The Bertz CT molecular complexity index is 891. The number of ether oxygens (including phenoxy) is 1. The summed E-state index contributed by atoms with van der Waals surface area (Å²) in [6.45, 7) is 20.7. The number of nitrogens with two attached hydrogens (primary N) is 1. The second kappa shape index (κ2) is 12.0. The lowest BCUT2D eigenvalue weighted by Crippen LogP contribution is -2.44. The Morgan fingerprint density at radius 3 is 2.44 bits per heavy atom. The van der Waals surface area contributed by atoms with Crippen molar-refractivity contribution in [2.75, 3.05) is 6.54 Å². The number of carbonyl (C=O) groups excluding carboxylic acids is 2. The van der Waals surface area contributed by atoms with Crippen LogP contribution in [0.2, 0.25) is 0 Å². The van der Waals surface area contributed by atoms with E-state index in [2.05, 4.69) is 32.3 Å². The first-order chi connectivity index (χ1) is 15.1. The predicted octanol–water partition coefficient (Wildman–Crippen LogP) is 5.38. The van der Waals surface area contributed by atoms with Gasteiger partial charge in [0.1, 0.15) is 22.6 Å². The van der Waals surface area contributed by atoms with E-state index in [1.165, 1.54) is 11.3 Å². The molecule has 1 atom stereocenters. The minimum absolute atomic E-state index is 0.0992. The van der Waals surface area contributed by atoms with Crippen LogP contribution in [0.25, 0.3) is 5.57 Å². The third kappa shape index (κ3) is 6.79. The van der Waals surface area contributed by atoms with Gasteiger partial charge >= 0.3 is 0 Å². The number of hydrogen-bond donors (Lipinski definition) is 1. The van der Waals surface area contributed by atoms with Crippen LogP contribution in [0.4, 0.5) is 0 Å². The van der Waals surface area contributed by atoms with Gasteiger partial charge in [0.25, 0.3) is 0 Å². The summed E-state index contributed by atoms with van der Waals surface area (Å²) in [5.41, 5.74) is 7.15. The van der Waals surface area contributed by atoms with Crippen LogP contribution < -0.4 is 5.73 Å². The molecule has 2 amide bonds. The highest BCUT2D eigenvalue weighted by atomic mass is 32.1. The summed E-state index contributed by atoms with van der Waals surface area (Å²) in [5, 5.41) is 0.733. The number of allylic oxidation sites excluding steroid dienone is 4. The number of hydrogen-bond acceptors (Lipinski definition) is 5. The van der Waals surface area contributed by atoms with Crippen molar-refractivity contribution in [1.82, 2.24) is 9.88 Å². The molecule has 0 bridgehead atoms. The second-order valence-corrected chi connectivity index (χ2v) is 9.36. The molecule has 1 fully saturated rings. The minimum Gasteiger partial charge on any atom is -0.462 e. The van der Waals surface area contributed by atoms with Crippen molar-refractivity contribution in [3.05, 3.63) is 45.8 Å². The van der Waals surface area contributed by atoms with Crippen molar-refractivity contribution in [1.29, 1.82) is 0 Å². The number of aromatic nitrogens is 1. The Kier molecular flexibility index (Phi) is 10.4.